The van der Waals surface area contributed by atoms with Crippen molar-refractivity contribution < 1.29 is 4.79 Å². The first-order valence-corrected chi connectivity index (χ1v) is 9.06. The van der Waals surface area contributed by atoms with Crippen molar-refractivity contribution in [2.45, 2.75) is 32.2 Å². The lowest BCUT2D eigenvalue weighted by Crippen LogP contribution is -2.51. The minimum atomic E-state index is -0.122. The number of carbonyl (C=O) groups excluding carboxylic acids is 1. The molecule has 2 amide bonds. The van der Waals surface area contributed by atoms with E-state index in [4.69, 9.17) is 0 Å². The van der Waals surface area contributed by atoms with Crippen molar-refractivity contribution in [2.75, 3.05) is 24.5 Å². The molecule has 3 heterocycles. The van der Waals surface area contributed by atoms with Gasteiger partial charge in [-0.1, -0.05) is 0 Å². The van der Waals surface area contributed by atoms with Crippen molar-refractivity contribution in [3.8, 4) is 0 Å². The van der Waals surface area contributed by atoms with E-state index in [0.717, 1.165) is 49.0 Å². The quantitative estimate of drug-likeness (QED) is 0.862. The highest BCUT2D eigenvalue weighted by molar-refractivity contribution is 7.09. The van der Waals surface area contributed by atoms with E-state index >= 15 is 0 Å². The minimum absolute atomic E-state index is 0.115. The van der Waals surface area contributed by atoms with Crippen LogP contribution in [-0.2, 0) is 6.42 Å². The molecular weight excluding hydrogens is 324 g/mol. The predicted molar refractivity (Wildman–Crippen MR) is 94.4 cm³/mol. The zero-order valence-electron chi connectivity index (χ0n) is 13.7. The molecule has 2 aromatic rings. The number of thiazole rings is 1. The van der Waals surface area contributed by atoms with Gasteiger partial charge in [-0.05, 0) is 25.8 Å². The van der Waals surface area contributed by atoms with Gasteiger partial charge in [-0.2, -0.15) is 0 Å². The van der Waals surface area contributed by atoms with E-state index in [1.807, 2.05) is 12.3 Å². The summed E-state index contributed by atoms with van der Waals surface area (Å²) in [5.41, 5.74) is 1.03. The molecule has 1 saturated heterocycles. The van der Waals surface area contributed by atoms with Crippen molar-refractivity contribution in [1.82, 2.24) is 25.6 Å². The Bertz CT molecular complexity index is 662. The molecule has 7 nitrogen and oxygen atoms in total. The third-order valence-corrected chi connectivity index (χ3v) is 4.75. The van der Waals surface area contributed by atoms with E-state index in [2.05, 4.69) is 30.5 Å². The fourth-order valence-electron chi connectivity index (χ4n) is 2.79. The summed E-state index contributed by atoms with van der Waals surface area (Å²) in [6.45, 7) is 4.24. The molecule has 1 unspecified atom stereocenters. The van der Waals surface area contributed by atoms with Crippen LogP contribution in [0.25, 0.3) is 0 Å². The number of piperidine rings is 1. The molecule has 1 fully saturated rings. The topological polar surface area (TPSA) is 83.0 Å². The Hall–Kier alpha value is -2.22. The van der Waals surface area contributed by atoms with Crippen LogP contribution in [0.1, 0.15) is 23.5 Å². The number of urea groups is 1. The molecule has 0 aliphatic carbocycles. The summed E-state index contributed by atoms with van der Waals surface area (Å²) in [4.78, 5) is 27.1. The van der Waals surface area contributed by atoms with Crippen molar-refractivity contribution in [3.63, 3.8) is 0 Å². The van der Waals surface area contributed by atoms with E-state index in [1.54, 1.807) is 29.8 Å². The first-order valence-electron chi connectivity index (χ1n) is 8.18. The molecule has 2 aromatic heterocycles. The van der Waals surface area contributed by atoms with Gasteiger partial charge in [-0.15, -0.1) is 11.3 Å². The zero-order valence-corrected chi connectivity index (χ0v) is 14.6. The summed E-state index contributed by atoms with van der Waals surface area (Å²) in [6.07, 6.45) is 6.23. The first kappa shape index (κ1) is 16.6. The number of hydrogen-bond donors (Lipinski definition) is 2. The van der Waals surface area contributed by atoms with Gasteiger partial charge in [0.05, 0.1) is 10.7 Å². The number of rotatable bonds is 5. The number of nitrogens with one attached hydrogen (secondary N) is 2. The lowest BCUT2D eigenvalue weighted by molar-refractivity contribution is 0.235. The Kier molecular flexibility index (Phi) is 5.58. The van der Waals surface area contributed by atoms with Gasteiger partial charge in [-0.25, -0.2) is 19.7 Å². The van der Waals surface area contributed by atoms with Crippen molar-refractivity contribution >= 4 is 23.3 Å². The van der Waals surface area contributed by atoms with Gasteiger partial charge in [-0.3, -0.25) is 0 Å². The summed E-state index contributed by atoms with van der Waals surface area (Å²) < 4.78 is 0. The fraction of sp³-hybridized carbons (Fsp3) is 0.500. The van der Waals surface area contributed by atoms with Crippen molar-refractivity contribution in [3.05, 3.63) is 34.5 Å². The standard InChI is InChI=1S/C16H22N6OS/c1-12-20-14(11-24-12)5-8-19-16(23)21-13-4-2-9-22(10-13)15-17-6-3-7-18-15/h3,6-7,11,13H,2,4-5,8-10H2,1H3,(H2,19,21,23). The zero-order chi connectivity index (χ0) is 16.8. The molecule has 0 aromatic carbocycles. The molecule has 2 N–H and O–H groups in total. The number of amides is 2. The van der Waals surface area contributed by atoms with Crippen LogP contribution in [0.2, 0.25) is 0 Å². The van der Waals surface area contributed by atoms with Crippen LogP contribution >= 0.6 is 11.3 Å². The van der Waals surface area contributed by atoms with Crippen LogP contribution in [0.5, 0.6) is 0 Å². The number of hydrogen-bond acceptors (Lipinski definition) is 6. The van der Waals surface area contributed by atoms with E-state index in [1.165, 1.54) is 0 Å². The van der Waals surface area contributed by atoms with Gasteiger partial charge in [0.15, 0.2) is 0 Å². The Morgan fingerprint density at radius 2 is 2.25 bits per heavy atom. The average molecular weight is 346 g/mol. The van der Waals surface area contributed by atoms with Gasteiger partial charge in [0.2, 0.25) is 5.95 Å². The summed E-state index contributed by atoms with van der Waals surface area (Å²) in [6, 6.07) is 1.80. The van der Waals surface area contributed by atoms with Crippen LogP contribution in [0.4, 0.5) is 10.7 Å². The second kappa shape index (κ2) is 8.05. The molecule has 1 aliphatic heterocycles. The Labute approximate surface area is 145 Å². The maximum absolute atomic E-state index is 12.1. The number of aryl methyl sites for hydroxylation is 1. The third-order valence-electron chi connectivity index (χ3n) is 3.92. The summed E-state index contributed by atoms with van der Waals surface area (Å²) >= 11 is 1.63. The minimum Gasteiger partial charge on any atom is -0.339 e. The number of carbonyl (C=O) groups is 1. The maximum Gasteiger partial charge on any atom is 0.315 e. The largest absolute Gasteiger partial charge is 0.339 e. The molecule has 8 heteroatoms. The number of anilines is 1. The Morgan fingerprint density at radius 3 is 3.00 bits per heavy atom. The van der Waals surface area contributed by atoms with Crippen LogP contribution in [0, 0.1) is 6.92 Å². The lowest BCUT2D eigenvalue weighted by atomic mass is 10.1. The molecule has 0 saturated carbocycles. The number of aromatic nitrogens is 3. The molecular formula is C16H22N6OS. The van der Waals surface area contributed by atoms with Gasteiger partial charge in [0, 0.05) is 49.9 Å². The SMILES string of the molecule is Cc1nc(CCNC(=O)NC2CCCN(c3ncccn3)C2)cs1. The number of nitrogens with zero attached hydrogens (tertiary/aromatic N) is 4. The van der Waals surface area contributed by atoms with Gasteiger partial charge < -0.3 is 15.5 Å². The molecule has 0 radical (unpaired) electrons. The molecule has 0 spiro atoms. The Balaban J connectivity index is 1.42. The monoisotopic (exact) mass is 346 g/mol. The van der Waals surface area contributed by atoms with E-state index < -0.39 is 0 Å². The van der Waals surface area contributed by atoms with Crippen molar-refractivity contribution in [2.24, 2.45) is 0 Å². The van der Waals surface area contributed by atoms with Crippen LogP contribution in [0.3, 0.4) is 0 Å². The summed E-state index contributed by atoms with van der Waals surface area (Å²) in [5, 5.41) is 9.04. The lowest BCUT2D eigenvalue weighted by Gasteiger charge is -2.33. The summed E-state index contributed by atoms with van der Waals surface area (Å²) in [5.74, 6) is 0.725. The first-order chi connectivity index (χ1) is 11.7. The molecule has 128 valence electrons. The fourth-order valence-corrected chi connectivity index (χ4v) is 3.44. The van der Waals surface area contributed by atoms with Gasteiger partial charge in [0.25, 0.3) is 0 Å². The van der Waals surface area contributed by atoms with Gasteiger partial charge in [0.1, 0.15) is 0 Å². The van der Waals surface area contributed by atoms with Crippen molar-refractivity contribution in [1.29, 1.82) is 0 Å². The predicted octanol–water partition coefficient (Wildman–Crippen LogP) is 1.75. The highest BCUT2D eigenvalue weighted by Crippen LogP contribution is 2.15. The molecule has 3 rings (SSSR count). The second-order valence-corrected chi connectivity index (χ2v) is 6.90. The van der Waals surface area contributed by atoms with Crippen LogP contribution < -0.4 is 15.5 Å². The molecule has 24 heavy (non-hydrogen) atoms. The maximum atomic E-state index is 12.1. The van der Waals surface area contributed by atoms with Crippen LogP contribution in [0.15, 0.2) is 23.8 Å². The summed E-state index contributed by atoms with van der Waals surface area (Å²) in [7, 11) is 0. The molecule has 1 aliphatic rings. The van der Waals surface area contributed by atoms with Crippen LogP contribution in [-0.4, -0.2) is 46.7 Å². The average Bonchev–Trinajstić information content (AvgIpc) is 3.01. The highest BCUT2D eigenvalue weighted by atomic mass is 32.1. The van der Waals surface area contributed by atoms with Gasteiger partial charge >= 0.3 is 6.03 Å². The molecule has 1 atom stereocenters. The highest BCUT2D eigenvalue weighted by Gasteiger charge is 2.22. The van der Waals surface area contributed by atoms with E-state index in [0.29, 0.717) is 6.54 Å². The van der Waals surface area contributed by atoms with E-state index in [-0.39, 0.29) is 12.1 Å². The third kappa shape index (κ3) is 4.64. The normalized spacial score (nSPS) is 17.5. The Morgan fingerprint density at radius 1 is 1.42 bits per heavy atom. The molecule has 0 bridgehead atoms. The second-order valence-electron chi connectivity index (χ2n) is 5.84. The smallest absolute Gasteiger partial charge is 0.315 e. The van der Waals surface area contributed by atoms with E-state index in [9.17, 15) is 4.79 Å².